The maximum atomic E-state index is 13.4. The summed E-state index contributed by atoms with van der Waals surface area (Å²) in [6, 6.07) is 23.7. The lowest BCUT2D eigenvalue weighted by Crippen LogP contribution is -2.27. The van der Waals surface area contributed by atoms with Gasteiger partial charge in [-0.05, 0) is 29.5 Å². The number of rotatable bonds is 5. The Kier molecular flexibility index (Phi) is 5.86. The van der Waals surface area contributed by atoms with Crippen molar-refractivity contribution in [2.45, 2.75) is 39.0 Å². The molecule has 0 aliphatic rings. The molecule has 3 aromatic carbocycles. The number of fused-ring (bicyclic) bond motifs is 1. The van der Waals surface area contributed by atoms with Crippen LogP contribution in [0.25, 0.3) is 22.1 Å². The van der Waals surface area contributed by atoms with Crippen LogP contribution in [0.15, 0.2) is 88.1 Å². The fourth-order valence-corrected chi connectivity index (χ4v) is 4.15. The Balaban J connectivity index is 2.07. The van der Waals surface area contributed by atoms with Crippen molar-refractivity contribution >= 4 is 22.5 Å². The van der Waals surface area contributed by atoms with Gasteiger partial charge in [-0.2, -0.15) is 0 Å². The van der Waals surface area contributed by atoms with Crippen LogP contribution in [0.2, 0.25) is 0 Å². The Labute approximate surface area is 192 Å². The minimum absolute atomic E-state index is 0.0820. The highest BCUT2D eigenvalue weighted by molar-refractivity contribution is 6.16. The van der Waals surface area contributed by atoms with Gasteiger partial charge in [0.15, 0.2) is 5.78 Å². The first-order valence-electron chi connectivity index (χ1n) is 10.9. The number of ketones is 2. The molecule has 4 nitrogen and oxygen atoms in total. The van der Waals surface area contributed by atoms with Crippen molar-refractivity contribution in [3.63, 3.8) is 0 Å². The molecule has 1 aromatic heterocycles. The van der Waals surface area contributed by atoms with Gasteiger partial charge in [0.25, 0.3) is 0 Å². The van der Waals surface area contributed by atoms with Gasteiger partial charge < -0.3 is 4.42 Å². The molecule has 4 rings (SSSR count). The summed E-state index contributed by atoms with van der Waals surface area (Å²) in [4.78, 5) is 39.7. The molecule has 1 atom stereocenters. The van der Waals surface area contributed by atoms with Gasteiger partial charge in [0.2, 0.25) is 0 Å². The van der Waals surface area contributed by atoms with Crippen LogP contribution in [0.3, 0.4) is 0 Å². The number of hydrogen-bond donors (Lipinski definition) is 0. The van der Waals surface area contributed by atoms with E-state index in [1.165, 1.54) is 6.92 Å². The van der Waals surface area contributed by atoms with Crippen LogP contribution >= 0.6 is 0 Å². The Morgan fingerprint density at radius 2 is 1.45 bits per heavy atom. The molecule has 166 valence electrons. The molecule has 4 heteroatoms. The number of hydrogen-bond acceptors (Lipinski definition) is 4. The van der Waals surface area contributed by atoms with E-state index >= 15 is 0 Å². The van der Waals surface area contributed by atoms with E-state index in [1.807, 2.05) is 48.5 Å². The maximum Gasteiger partial charge on any atom is 0.341 e. The average molecular weight is 439 g/mol. The smallest absolute Gasteiger partial charge is 0.341 e. The lowest BCUT2D eigenvalue weighted by atomic mass is 9.82. The van der Waals surface area contributed by atoms with Crippen molar-refractivity contribution in [1.29, 1.82) is 0 Å². The van der Waals surface area contributed by atoms with Crippen LogP contribution in [-0.2, 0) is 10.2 Å². The number of Topliss-reactive ketones (excluding diaryl/α,β-unsaturated/α-hetero) is 2. The fourth-order valence-electron chi connectivity index (χ4n) is 4.15. The van der Waals surface area contributed by atoms with Gasteiger partial charge in [-0.3, -0.25) is 9.59 Å². The largest absolute Gasteiger partial charge is 0.422 e. The van der Waals surface area contributed by atoms with Crippen LogP contribution in [0.4, 0.5) is 0 Å². The van der Waals surface area contributed by atoms with Crippen molar-refractivity contribution in [2.75, 3.05) is 0 Å². The van der Waals surface area contributed by atoms with Gasteiger partial charge in [-0.1, -0.05) is 93.6 Å². The van der Waals surface area contributed by atoms with E-state index in [9.17, 15) is 14.4 Å². The second-order valence-corrected chi connectivity index (χ2v) is 9.28. The zero-order valence-corrected chi connectivity index (χ0v) is 19.2. The molecule has 33 heavy (non-hydrogen) atoms. The highest BCUT2D eigenvalue weighted by atomic mass is 16.4. The first kappa shape index (κ1) is 22.4. The molecule has 0 radical (unpaired) electrons. The van der Waals surface area contributed by atoms with Crippen LogP contribution in [0, 0.1) is 0 Å². The molecule has 0 bridgehead atoms. The van der Waals surface area contributed by atoms with E-state index in [-0.39, 0.29) is 11.0 Å². The van der Waals surface area contributed by atoms with Gasteiger partial charge >= 0.3 is 5.63 Å². The van der Waals surface area contributed by atoms with Crippen molar-refractivity contribution in [1.82, 2.24) is 0 Å². The summed E-state index contributed by atoms with van der Waals surface area (Å²) >= 11 is 0. The SMILES string of the molecule is CC(=O)C(C(=O)c1ccccc1)c1c(-c2ccccc2)c2ccc(C(C)(C)C)cc2oc1=O. The standard InChI is InChI=1S/C29H26O4/c1-18(30)24(27(31)20-13-9-6-10-14-20)26-25(19-11-7-5-8-12-19)22-16-15-21(29(2,3)4)17-23(22)33-28(26)32/h5-17,24H,1-4H3. The van der Waals surface area contributed by atoms with Crippen molar-refractivity contribution in [3.05, 3.63) is 106 Å². The molecular weight excluding hydrogens is 412 g/mol. The van der Waals surface area contributed by atoms with Crippen LogP contribution < -0.4 is 5.63 Å². The van der Waals surface area contributed by atoms with E-state index in [1.54, 1.807) is 30.3 Å². The zero-order valence-electron chi connectivity index (χ0n) is 19.2. The van der Waals surface area contributed by atoms with E-state index in [4.69, 9.17) is 4.42 Å². The molecule has 0 spiro atoms. The van der Waals surface area contributed by atoms with Crippen LogP contribution in [0.1, 0.15) is 55.1 Å². The van der Waals surface area contributed by atoms with Crippen molar-refractivity contribution < 1.29 is 14.0 Å². The zero-order chi connectivity index (χ0) is 23.8. The second-order valence-electron chi connectivity index (χ2n) is 9.28. The van der Waals surface area contributed by atoms with Gasteiger partial charge in [-0.25, -0.2) is 4.79 Å². The summed E-state index contributed by atoms with van der Waals surface area (Å²) < 4.78 is 5.75. The van der Waals surface area contributed by atoms with E-state index in [2.05, 4.69) is 20.8 Å². The van der Waals surface area contributed by atoms with Crippen molar-refractivity contribution in [3.8, 4) is 11.1 Å². The lowest BCUT2D eigenvalue weighted by Gasteiger charge is -2.21. The Morgan fingerprint density at radius 1 is 0.848 bits per heavy atom. The lowest BCUT2D eigenvalue weighted by molar-refractivity contribution is -0.117. The minimum atomic E-state index is -1.26. The maximum absolute atomic E-state index is 13.4. The molecule has 0 saturated heterocycles. The first-order valence-corrected chi connectivity index (χ1v) is 10.9. The molecule has 0 amide bonds. The highest BCUT2D eigenvalue weighted by Gasteiger charge is 2.33. The predicted octanol–water partition coefficient (Wildman–Crippen LogP) is 6.31. The van der Waals surface area contributed by atoms with Gasteiger partial charge in [0, 0.05) is 16.5 Å². The monoisotopic (exact) mass is 438 g/mol. The second kappa shape index (κ2) is 8.62. The van der Waals surface area contributed by atoms with Gasteiger partial charge in [-0.15, -0.1) is 0 Å². The third-order valence-corrected chi connectivity index (χ3v) is 5.89. The predicted molar refractivity (Wildman–Crippen MR) is 131 cm³/mol. The number of carbonyl (C=O) groups excluding carboxylic acids is 2. The molecule has 0 aliphatic heterocycles. The normalized spacial score (nSPS) is 12.5. The molecule has 1 heterocycles. The summed E-state index contributed by atoms with van der Waals surface area (Å²) in [5.41, 5.74) is 2.42. The molecule has 0 saturated carbocycles. The van der Waals surface area contributed by atoms with E-state index in [0.29, 0.717) is 22.1 Å². The Morgan fingerprint density at radius 3 is 2.03 bits per heavy atom. The summed E-state index contributed by atoms with van der Waals surface area (Å²) in [7, 11) is 0. The van der Waals surface area contributed by atoms with E-state index < -0.39 is 23.1 Å². The topological polar surface area (TPSA) is 64.3 Å². The van der Waals surface area contributed by atoms with Crippen LogP contribution in [-0.4, -0.2) is 11.6 Å². The van der Waals surface area contributed by atoms with Crippen LogP contribution in [0.5, 0.6) is 0 Å². The van der Waals surface area contributed by atoms with E-state index in [0.717, 1.165) is 11.1 Å². The van der Waals surface area contributed by atoms with Crippen molar-refractivity contribution in [2.24, 2.45) is 0 Å². The number of carbonyl (C=O) groups is 2. The molecule has 0 aliphatic carbocycles. The average Bonchev–Trinajstić information content (AvgIpc) is 2.79. The molecule has 0 fully saturated rings. The molecular formula is C29H26O4. The molecule has 4 aromatic rings. The summed E-state index contributed by atoms with van der Waals surface area (Å²) in [6.07, 6.45) is 0. The first-order chi connectivity index (χ1) is 15.7. The number of benzene rings is 3. The third-order valence-electron chi connectivity index (χ3n) is 5.89. The minimum Gasteiger partial charge on any atom is -0.422 e. The Hall–Kier alpha value is -3.79. The summed E-state index contributed by atoms with van der Waals surface area (Å²) in [5.74, 6) is -2.08. The fraction of sp³-hybridized carbons (Fsp3) is 0.207. The summed E-state index contributed by atoms with van der Waals surface area (Å²) in [6.45, 7) is 7.60. The Bertz CT molecular complexity index is 1390. The third kappa shape index (κ3) is 4.29. The molecule has 0 N–H and O–H groups in total. The van der Waals surface area contributed by atoms with Gasteiger partial charge in [0.05, 0.1) is 5.56 Å². The quantitative estimate of drug-likeness (QED) is 0.208. The van der Waals surface area contributed by atoms with Gasteiger partial charge in [0.1, 0.15) is 17.3 Å². The summed E-state index contributed by atoms with van der Waals surface area (Å²) in [5, 5.41) is 0.691. The highest BCUT2D eigenvalue weighted by Crippen LogP contribution is 2.37. The molecule has 1 unspecified atom stereocenters.